The summed E-state index contributed by atoms with van der Waals surface area (Å²) in [7, 11) is 0. The van der Waals surface area contributed by atoms with Gasteiger partial charge in [-0.2, -0.15) is 0 Å². The Morgan fingerprint density at radius 3 is 1.91 bits per heavy atom. The fourth-order valence-corrected chi connectivity index (χ4v) is 13.2. The van der Waals surface area contributed by atoms with Crippen LogP contribution in [0.15, 0.2) is 164 Å². The van der Waals surface area contributed by atoms with Crippen LogP contribution >= 0.6 is 11.3 Å². The maximum Gasteiger partial charge on any atom is 0.0543 e. The Labute approximate surface area is 321 Å². The lowest BCUT2D eigenvalue weighted by atomic mass is 9.43. The third-order valence-electron chi connectivity index (χ3n) is 13.8. The van der Waals surface area contributed by atoms with Crippen molar-refractivity contribution in [3.05, 3.63) is 175 Å². The molecule has 1 heterocycles. The van der Waals surface area contributed by atoms with Gasteiger partial charge in [0, 0.05) is 42.4 Å². The number of anilines is 3. The van der Waals surface area contributed by atoms with Crippen LogP contribution in [0.3, 0.4) is 0 Å². The summed E-state index contributed by atoms with van der Waals surface area (Å²) in [4.78, 5) is 2.62. The van der Waals surface area contributed by atoms with Gasteiger partial charge in [0.2, 0.25) is 0 Å². The average Bonchev–Trinajstić information content (AvgIpc) is 3.74. The molecule has 54 heavy (non-hydrogen) atoms. The lowest BCUT2D eigenvalue weighted by Crippen LogP contribution is -2.55. The average molecular weight is 712 g/mol. The Hall–Kier alpha value is -5.44. The summed E-state index contributed by atoms with van der Waals surface area (Å²) < 4.78 is 2.66. The van der Waals surface area contributed by atoms with Crippen LogP contribution in [0, 0.1) is 23.7 Å². The fourth-order valence-electron chi connectivity index (χ4n) is 12.0. The van der Waals surface area contributed by atoms with Gasteiger partial charge in [-0.3, -0.25) is 0 Å². The van der Waals surface area contributed by atoms with Gasteiger partial charge in [-0.1, -0.05) is 127 Å². The van der Waals surface area contributed by atoms with Crippen molar-refractivity contribution in [2.45, 2.75) is 37.5 Å². The summed E-state index contributed by atoms with van der Waals surface area (Å²) in [5.74, 6) is 3.27. The van der Waals surface area contributed by atoms with Crippen LogP contribution in [0.1, 0.15) is 43.2 Å². The lowest BCUT2D eigenvalue weighted by molar-refractivity contribution is -0.0399. The predicted molar refractivity (Wildman–Crippen MR) is 228 cm³/mol. The smallest absolute Gasteiger partial charge is 0.0543 e. The van der Waals surface area contributed by atoms with Crippen molar-refractivity contribution in [3.63, 3.8) is 0 Å². The molecule has 13 rings (SSSR count). The molecular formula is C52H41NS. The van der Waals surface area contributed by atoms with Crippen LogP contribution in [0.2, 0.25) is 0 Å². The summed E-state index contributed by atoms with van der Waals surface area (Å²) in [6.45, 7) is 0. The van der Waals surface area contributed by atoms with Crippen molar-refractivity contribution in [3.8, 4) is 33.4 Å². The first-order valence-corrected chi connectivity index (χ1v) is 20.8. The highest BCUT2D eigenvalue weighted by molar-refractivity contribution is 7.25. The number of hydrogen-bond donors (Lipinski definition) is 0. The van der Waals surface area contributed by atoms with E-state index in [1.165, 1.54) is 103 Å². The first-order valence-electron chi connectivity index (χ1n) is 19.9. The molecule has 8 aromatic rings. The van der Waals surface area contributed by atoms with Crippen molar-refractivity contribution in [2.75, 3.05) is 4.90 Å². The van der Waals surface area contributed by atoms with Gasteiger partial charge in [-0.15, -0.1) is 11.3 Å². The van der Waals surface area contributed by atoms with E-state index >= 15 is 0 Å². The van der Waals surface area contributed by atoms with Gasteiger partial charge in [-0.05, 0) is 126 Å². The molecule has 0 saturated heterocycles. The second-order valence-corrected chi connectivity index (χ2v) is 17.6. The number of fused-ring (bicyclic) bond motifs is 6. The fraction of sp³-hybridized carbons (Fsp3) is 0.192. The zero-order valence-electron chi connectivity index (χ0n) is 30.3. The van der Waals surface area contributed by atoms with E-state index in [4.69, 9.17) is 0 Å². The van der Waals surface area contributed by atoms with E-state index in [9.17, 15) is 0 Å². The molecule has 7 aromatic carbocycles. The van der Waals surface area contributed by atoms with Gasteiger partial charge >= 0.3 is 0 Å². The van der Waals surface area contributed by atoms with E-state index in [1.807, 2.05) is 11.3 Å². The third kappa shape index (κ3) is 4.38. The van der Waals surface area contributed by atoms with Gasteiger partial charge in [0.25, 0.3) is 0 Å². The van der Waals surface area contributed by atoms with E-state index in [0.29, 0.717) is 0 Å². The van der Waals surface area contributed by atoms with E-state index in [2.05, 4.69) is 169 Å². The molecule has 2 heteroatoms. The van der Waals surface area contributed by atoms with E-state index < -0.39 is 0 Å². The van der Waals surface area contributed by atoms with Crippen LogP contribution in [-0.4, -0.2) is 0 Å². The molecule has 4 saturated carbocycles. The summed E-state index contributed by atoms with van der Waals surface area (Å²) in [5.41, 5.74) is 14.8. The number of nitrogens with zero attached hydrogens (tertiary/aromatic N) is 1. The standard InChI is InChI=1S/C52H41NS/c1-3-12-35(13-4-1)37-22-25-47(44(31-37)36-14-5-2-6-15-36)53(40-23-24-42-41-16-8-10-21-49(41)54-50(42)32-40)48-20-11-19-46-51(48)43-17-7-9-18-45(43)52(46)38-27-33-26-34(29-38)30-39(52)28-33/h1-25,31-34,38-39H,26-30H2. The molecule has 0 N–H and O–H groups in total. The summed E-state index contributed by atoms with van der Waals surface area (Å²) in [6.07, 6.45) is 7.01. The van der Waals surface area contributed by atoms with Crippen LogP contribution in [0.25, 0.3) is 53.6 Å². The Balaban J connectivity index is 1.14. The van der Waals surface area contributed by atoms with Crippen LogP contribution in [0.4, 0.5) is 17.1 Å². The third-order valence-corrected chi connectivity index (χ3v) is 15.0. The van der Waals surface area contributed by atoms with Crippen molar-refractivity contribution in [1.29, 1.82) is 0 Å². The summed E-state index contributed by atoms with van der Waals surface area (Å²) >= 11 is 1.90. The number of benzene rings is 7. The quantitative estimate of drug-likeness (QED) is 0.172. The van der Waals surface area contributed by atoms with Gasteiger partial charge in [-0.25, -0.2) is 0 Å². The van der Waals surface area contributed by atoms with Crippen molar-refractivity contribution >= 4 is 48.6 Å². The van der Waals surface area contributed by atoms with Crippen molar-refractivity contribution in [2.24, 2.45) is 23.7 Å². The minimum absolute atomic E-state index is 0.107. The number of thiophene rings is 1. The van der Waals surface area contributed by atoms with Crippen molar-refractivity contribution < 1.29 is 0 Å². The van der Waals surface area contributed by atoms with Gasteiger partial charge in [0.05, 0.1) is 11.4 Å². The molecule has 0 amide bonds. The Bertz CT molecular complexity index is 2710. The molecule has 5 aliphatic rings. The first-order chi connectivity index (χ1) is 26.7. The molecule has 4 fully saturated rings. The number of hydrogen-bond acceptors (Lipinski definition) is 2. The molecule has 5 aliphatic carbocycles. The summed E-state index contributed by atoms with van der Waals surface area (Å²) in [5, 5.41) is 2.67. The molecule has 0 atom stereocenters. The molecule has 0 aliphatic heterocycles. The maximum absolute atomic E-state index is 2.62. The monoisotopic (exact) mass is 711 g/mol. The van der Waals surface area contributed by atoms with Gasteiger partial charge in [0.1, 0.15) is 0 Å². The van der Waals surface area contributed by atoms with Gasteiger partial charge in [0.15, 0.2) is 0 Å². The molecule has 1 spiro atoms. The SMILES string of the molecule is c1ccc(-c2ccc(N(c3ccc4c(c3)sc3ccccc34)c3cccc4c3-c3ccccc3C43C4CC5CC(C4)CC3C5)c(-c3ccccc3)c2)cc1. The second-order valence-electron chi connectivity index (χ2n) is 16.5. The molecule has 1 nitrogen and oxygen atoms in total. The molecular weight excluding hydrogens is 671 g/mol. The highest BCUT2D eigenvalue weighted by Gasteiger charge is 2.61. The topological polar surface area (TPSA) is 3.24 Å². The minimum Gasteiger partial charge on any atom is -0.309 e. The molecule has 0 radical (unpaired) electrons. The van der Waals surface area contributed by atoms with Crippen LogP contribution in [0.5, 0.6) is 0 Å². The lowest BCUT2D eigenvalue weighted by Gasteiger charge is -2.61. The van der Waals surface area contributed by atoms with Crippen molar-refractivity contribution in [1.82, 2.24) is 0 Å². The largest absolute Gasteiger partial charge is 0.309 e. The van der Waals surface area contributed by atoms with Crippen LogP contribution in [-0.2, 0) is 5.41 Å². The Kier molecular flexibility index (Phi) is 6.75. The molecule has 4 bridgehead atoms. The molecule has 1 aromatic heterocycles. The Morgan fingerprint density at radius 2 is 1.11 bits per heavy atom. The normalized spacial score (nSPS) is 23.3. The van der Waals surface area contributed by atoms with E-state index in [0.717, 1.165) is 23.7 Å². The molecule has 260 valence electrons. The number of rotatable bonds is 5. The summed E-state index contributed by atoms with van der Waals surface area (Å²) in [6, 6.07) is 62.0. The highest BCUT2D eigenvalue weighted by atomic mass is 32.1. The van der Waals surface area contributed by atoms with E-state index in [-0.39, 0.29) is 5.41 Å². The van der Waals surface area contributed by atoms with Crippen LogP contribution < -0.4 is 4.90 Å². The zero-order valence-corrected chi connectivity index (χ0v) is 31.1. The molecule has 0 unspecified atom stereocenters. The maximum atomic E-state index is 2.62. The highest BCUT2D eigenvalue weighted by Crippen LogP contribution is 2.70. The Morgan fingerprint density at radius 1 is 0.444 bits per heavy atom. The second kappa shape index (κ2) is 11.8. The van der Waals surface area contributed by atoms with E-state index in [1.54, 1.807) is 11.1 Å². The van der Waals surface area contributed by atoms with Gasteiger partial charge < -0.3 is 4.90 Å². The minimum atomic E-state index is 0.107. The zero-order chi connectivity index (χ0) is 35.4. The first kappa shape index (κ1) is 31.0. The predicted octanol–water partition coefficient (Wildman–Crippen LogP) is 14.6.